The molecule has 0 radical (unpaired) electrons. The molecule has 4 nitrogen and oxygen atoms in total. The molecular formula is C18H18FNO3. The highest BCUT2D eigenvalue weighted by Crippen LogP contribution is 2.26. The topological polar surface area (TPSA) is 49.8 Å². The van der Waals surface area contributed by atoms with Gasteiger partial charge in [0.1, 0.15) is 11.9 Å². The van der Waals surface area contributed by atoms with Gasteiger partial charge in [0.15, 0.2) is 6.10 Å². The van der Waals surface area contributed by atoms with Gasteiger partial charge in [-0.25, -0.2) is 4.39 Å². The Labute approximate surface area is 134 Å². The van der Waals surface area contributed by atoms with Gasteiger partial charge in [-0.15, -0.1) is 0 Å². The van der Waals surface area contributed by atoms with Gasteiger partial charge < -0.3 is 14.7 Å². The van der Waals surface area contributed by atoms with E-state index in [9.17, 15) is 14.3 Å². The van der Waals surface area contributed by atoms with Crippen LogP contribution >= 0.6 is 0 Å². The fourth-order valence-corrected chi connectivity index (χ4v) is 2.72. The molecule has 1 heterocycles. The molecule has 0 aliphatic carbocycles. The van der Waals surface area contributed by atoms with Gasteiger partial charge >= 0.3 is 0 Å². The van der Waals surface area contributed by atoms with Crippen molar-refractivity contribution in [1.29, 1.82) is 0 Å². The third kappa shape index (κ3) is 3.41. The Kier molecular flexibility index (Phi) is 4.69. The first-order valence-electron chi connectivity index (χ1n) is 7.53. The van der Waals surface area contributed by atoms with Crippen molar-refractivity contribution in [2.45, 2.75) is 18.8 Å². The van der Waals surface area contributed by atoms with E-state index in [1.54, 1.807) is 11.0 Å². The summed E-state index contributed by atoms with van der Waals surface area (Å²) in [7, 11) is 0. The first-order valence-corrected chi connectivity index (χ1v) is 7.53. The van der Waals surface area contributed by atoms with Crippen LogP contribution in [0.15, 0.2) is 54.6 Å². The van der Waals surface area contributed by atoms with E-state index in [1.807, 2.05) is 30.3 Å². The lowest BCUT2D eigenvalue weighted by Gasteiger charge is -2.34. The average Bonchev–Trinajstić information content (AvgIpc) is 2.58. The van der Waals surface area contributed by atoms with Crippen LogP contribution in [0.2, 0.25) is 0 Å². The monoisotopic (exact) mass is 315 g/mol. The van der Waals surface area contributed by atoms with Gasteiger partial charge in [-0.3, -0.25) is 4.79 Å². The minimum absolute atomic E-state index is 0.0763. The summed E-state index contributed by atoms with van der Waals surface area (Å²) in [5.41, 5.74) is 1.08. The smallest absolute Gasteiger partial charge is 0.255 e. The number of benzene rings is 2. The van der Waals surface area contributed by atoms with Crippen molar-refractivity contribution >= 4 is 5.91 Å². The predicted molar refractivity (Wildman–Crippen MR) is 83.0 cm³/mol. The number of aliphatic hydroxyl groups excluding tert-OH is 1. The van der Waals surface area contributed by atoms with E-state index in [0.29, 0.717) is 19.7 Å². The molecule has 3 rings (SSSR count). The number of carbonyl (C=O) groups excluding carboxylic acids is 1. The lowest BCUT2D eigenvalue weighted by Crippen LogP contribution is -2.49. The van der Waals surface area contributed by atoms with E-state index in [4.69, 9.17) is 4.74 Å². The molecule has 2 aromatic carbocycles. The fraction of sp³-hybridized carbons (Fsp3) is 0.278. The zero-order valence-electron chi connectivity index (χ0n) is 12.6. The van der Waals surface area contributed by atoms with E-state index in [2.05, 4.69) is 0 Å². The lowest BCUT2D eigenvalue weighted by atomic mass is 10.0. The van der Waals surface area contributed by atoms with E-state index in [1.165, 1.54) is 18.2 Å². The van der Waals surface area contributed by atoms with Gasteiger partial charge in [0, 0.05) is 18.7 Å². The van der Waals surface area contributed by atoms with E-state index in [-0.39, 0.29) is 11.5 Å². The molecular weight excluding hydrogens is 297 g/mol. The standard InChI is InChI=1S/C18H18FNO3/c19-15-9-5-4-8-14(15)16(21)17-18(22)20(10-11-23-17)12-13-6-2-1-3-7-13/h1-9,16-17,21H,10-12H2/t16-,17-/m1/s1. The molecule has 0 aromatic heterocycles. The number of amides is 1. The van der Waals surface area contributed by atoms with Crippen molar-refractivity contribution in [3.63, 3.8) is 0 Å². The number of carbonyl (C=O) groups is 1. The van der Waals surface area contributed by atoms with Crippen molar-refractivity contribution in [1.82, 2.24) is 4.90 Å². The van der Waals surface area contributed by atoms with Crippen LogP contribution in [-0.2, 0) is 16.1 Å². The molecule has 0 bridgehead atoms. The summed E-state index contributed by atoms with van der Waals surface area (Å²) in [5, 5.41) is 10.4. The Hall–Kier alpha value is -2.24. The maximum absolute atomic E-state index is 13.8. The Morgan fingerprint density at radius 3 is 2.61 bits per heavy atom. The van der Waals surface area contributed by atoms with Crippen molar-refractivity contribution in [2.24, 2.45) is 0 Å². The number of ether oxygens (including phenoxy) is 1. The molecule has 1 saturated heterocycles. The molecule has 120 valence electrons. The molecule has 1 N–H and O–H groups in total. The van der Waals surface area contributed by atoms with Gasteiger partial charge in [-0.1, -0.05) is 48.5 Å². The normalized spacial score (nSPS) is 19.7. The molecule has 0 saturated carbocycles. The van der Waals surface area contributed by atoms with Crippen LogP contribution in [0.25, 0.3) is 0 Å². The highest BCUT2D eigenvalue weighted by molar-refractivity contribution is 5.82. The molecule has 2 atom stereocenters. The number of aliphatic hydroxyl groups is 1. The van der Waals surface area contributed by atoms with Crippen LogP contribution in [0.3, 0.4) is 0 Å². The molecule has 5 heteroatoms. The quantitative estimate of drug-likeness (QED) is 0.942. The van der Waals surface area contributed by atoms with E-state index >= 15 is 0 Å². The third-order valence-corrected chi connectivity index (χ3v) is 3.94. The van der Waals surface area contributed by atoms with Crippen molar-refractivity contribution in [2.75, 3.05) is 13.2 Å². The number of morpholine rings is 1. The number of halogens is 1. The second-order valence-electron chi connectivity index (χ2n) is 5.50. The second kappa shape index (κ2) is 6.89. The summed E-state index contributed by atoms with van der Waals surface area (Å²) in [6.07, 6.45) is -2.40. The molecule has 23 heavy (non-hydrogen) atoms. The third-order valence-electron chi connectivity index (χ3n) is 3.94. The first-order chi connectivity index (χ1) is 11.2. The van der Waals surface area contributed by atoms with Crippen LogP contribution < -0.4 is 0 Å². The zero-order chi connectivity index (χ0) is 16.2. The van der Waals surface area contributed by atoms with Crippen molar-refractivity contribution in [3.05, 3.63) is 71.5 Å². The number of rotatable bonds is 4. The highest BCUT2D eigenvalue weighted by atomic mass is 19.1. The largest absolute Gasteiger partial charge is 0.385 e. The van der Waals surface area contributed by atoms with Gasteiger partial charge in [0.25, 0.3) is 5.91 Å². The van der Waals surface area contributed by atoms with Crippen LogP contribution in [0.5, 0.6) is 0 Å². The minimum atomic E-state index is -1.32. The minimum Gasteiger partial charge on any atom is -0.385 e. The molecule has 1 fully saturated rings. The lowest BCUT2D eigenvalue weighted by molar-refractivity contribution is -0.164. The summed E-state index contributed by atoms with van der Waals surface area (Å²) in [6.45, 7) is 1.21. The van der Waals surface area contributed by atoms with Gasteiger partial charge in [-0.05, 0) is 11.6 Å². The maximum Gasteiger partial charge on any atom is 0.255 e. The van der Waals surface area contributed by atoms with Crippen molar-refractivity contribution < 1.29 is 19.0 Å². The number of hydrogen-bond acceptors (Lipinski definition) is 3. The van der Waals surface area contributed by atoms with Crippen LogP contribution in [-0.4, -0.2) is 35.2 Å². The second-order valence-corrected chi connectivity index (χ2v) is 5.50. The Morgan fingerprint density at radius 2 is 1.87 bits per heavy atom. The molecule has 0 unspecified atom stereocenters. The number of nitrogens with zero attached hydrogens (tertiary/aromatic N) is 1. The highest BCUT2D eigenvalue weighted by Gasteiger charge is 2.36. The van der Waals surface area contributed by atoms with Crippen LogP contribution in [0.4, 0.5) is 4.39 Å². The fourth-order valence-electron chi connectivity index (χ4n) is 2.72. The first kappa shape index (κ1) is 15.6. The van der Waals surface area contributed by atoms with Gasteiger partial charge in [-0.2, -0.15) is 0 Å². The molecule has 1 amide bonds. The molecule has 1 aliphatic rings. The SMILES string of the molecule is O=C1[C@@H]([C@H](O)c2ccccc2F)OCCN1Cc1ccccc1. The Morgan fingerprint density at radius 1 is 1.17 bits per heavy atom. The summed E-state index contributed by atoms with van der Waals surface area (Å²) >= 11 is 0. The van der Waals surface area contributed by atoms with E-state index < -0.39 is 18.0 Å². The Bertz CT molecular complexity index is 677. The molecule has 1 aliphatic heterocycles. The molecule has 2 aromatic rings. The zero-order valence-corrected chi connectivity index (χ0v) is 12.6. The average molecular weight is 315 g/mol. The van der Waals surface area contributed by atoms with Gasteiger partial charge in [0.2, 0.25) is 0 Å². The molecule has 0 spiro atoms. The summed E-state index contributed by atoms with van der Waals surface area (Å²) < 4.78 is 19.2. The number of hydrogen-bond donors (Lipinski definition) is 1. The Balaban J connectivity index is 1.76. The summed E-state index contributed by atoms with van der Waals surface area (Å²) in [6, 6.07) is 15.5. The van der Waals surface area contributed by atoms with Crippen LogP contribution in [0.1, 0.15) is 17.2 Å². The van der Waals surface area contributed by atoms with Crippen LogP contribution in [0, 0.1) is 5.82 Å². The predicted octanol–water partition coefficient (Wildman–Crippen LogP) is 2.29. The maximum atomic E-state index is 13.8. The summed E-state index contributed by atoms with van der Waals surface area (Å²) in [4.78, 5) is 14.2. The summed E-state index contributed by atoms with van der Waals surface area (Å²) in [5.74, 6) is -0.868. The van der Waals surface area contributed by atoms with E-state index in [0.717, 1.165) is 5.56 Å². The van der Waals surface area contributed by atoms with Gasteiger partial charge in [0.05, 0.1) is 6.61 Å². The van der Waals surface area contributed by atoms with Crippen molar-refractivity contribution in [3.8, 4) is 0 Å².